The number of hydrogen-bond acceptors (Lipinski definition) is 3. The van der Waals surface area contributed by atoms with Gasteiger partial charge in [-0.3, -0.25) is 9.79 Å². The molecule has 18 heavy (non-hydrogen) atoms. The first kappa shape index (κ1) is 14.4. The van der Waals surface area contributed by atoms with E-state index in [0.717, 1.165) is 24.1 Å². The zero-order valence-corrected chi connectivity index (χ0v) is 11.2. The van der Waals surface area contributed by atoms with Crippen molar-refractivity contribution in [2.45, 2.75) is 39.7 Å². The van der Waals surface area contributed by atoms with E-state index < -0.39 is 0 Å². The lowest BCUT2D eigenvalue weighted by molar-refractivity contribution is -0.142. The number of carbonyl (C=O) groups is 1. The Hall–Kier alpha value is -1.64. The molecule has 1 rings (SSSR count). The van der Waals surface area contributed by atoms with E-state index in [2.05, 4.69) is 11.9 Å². The Morgan fingerprint density at radius 2 is 2.00 bits per heavy atom. The minimum atomic E-state index is -0.183. The highest BCUT2D eigenvalue weighted by Gasteiger charge is 2.04. The zero-order valence-electron chi connectivity index (χ0n) is 11.2. The third-order valence-electron chi connectivity index (χ3n) is 2.54. The maximum Gasteiger partial charge on any atom is 0.311 e. The number of ether oxygens (including phenoxy) is 1. The number of benzene rings is 1. The minimum absolute atomic E-state index is 0.183. The van der Waals surface area contributed by atoms with E-state index in [1.54, 1.807) is 0 Å². The fraction of sp³-hybridized carbons (Fsp3) is 0.467. The highest BCUT2D eigenvalue weighted by molar-refractivity contribution is 5.97. The minimum Gasteiger partial charge on any atom is -0.465 e. The second-order valence-corrected chi connectivity index (χ2v) is 4.29. The summed E-state index contributed by atoms with van der Waals surface area (Å²) in [5.74, 6) is -0.183. The Morgan fingerprint density at radius 3 is 2.67 bits per heavy atom. The van der Waals surface area contributed by atoms with Gasteiger partial charge in [-0.25, -0.2) is 0 Å². The second kappa shape index (κ2) is 8.45. The molecule has 0 aliphatic carbocycles. The van der Waals surface area contributed by atoms with Gasteiger partial charge in [0.15, 0.2) is 0 Å². The van der Waals surface area contributed by atoms with Gasteiger partial charge in [-0.15, -0.1) is 0 Å². The molecular weight excluding hydrogens is 226 g/mol. The van der Waals surface area contributed by atoms with Gasteiger partial charge in [-0.05, 0) is 18.9 Å². The summed E-state index contributed by atoms with van der Waals surface area (Å²) in [6, 6.07) is 10.00. The van der Waals surface area contributed by atoms with Crippen LogP contribution >= 0.6 is 0 Å². The second-order valence-electron chi connectivity index (χ2n) is 4.29. The Kier molecular flexibility index (Phi) is 6.77. The Balaban J connectivity index is 2.31. The number of carbonyl (C=O) groups excluding carboxylic acids is 1. The van der Waals surface area contributed by atoms with E-state index in [1.165, 1.54) is 0 Å². The molecule has 3 nitrogen and oxygen atoms in total. The van der Waals surface area contributed by atoms with E-state index in [-0.39, 0.29) is 12.4 Å². The van der Waals surface area contributed by atoms with Gasteiger partial charge in [-0.1, -0.05) is 43.7 Å². The van der Waals surface area contributed by atoms with Crippen LogP contribution in [0.2, 0.25) is 0 Å². The first-order valence-corrected chi connectivity index (χ1v) is 6.42. The van der Waals surface area contributed by atoms with Crippen molar-refractivity contribution < 1.29 is 9.53 Å². The molecule has 3 heteroatoms. The van der Waals surface area contributed by atoms with Crippen LogP contribution in [0.5, 0.6) is 0 Å². The normalized spacial score (nSPS) is 11.3. The van der Waals surface area contributed by atoms with Crippen LogP contribution in [-0.4, -0.2) is 18.3 Å². The van der Waals surface area contributed by atoms with Gasteiger partial charge in [-0.2, -0.15) is 0 Å². The summed E-state index contributed by atoms with van der Waals surface area (Å²) in [6.07, 6.45) is 2.25. The molecule has 0 aromatic heterocycles. The van der Waals surface area contributed by atoms with Crippen LogP contribution in [0.25, 0.3) is 0 Å². The molecule has 0 fully saturated rings. The van der Waals surface area contributed by atoms with Crippen molar-refractivity contribution >= 4 is 11.7 Å². The third-order valence-corrected chi connectivity index (χ3v) is 2.54. The molecule has 0 spiro atoms. The van der Waals surface area contributed by atoms with Crippen LogP contribution in [-0.2, 0) is 16.1 Å². The molecule has 0 aliphatic rings. The monoisotopic (exact) mass is 247 g/mol. The quantitative estimate of drug-likeness (QED) is 0.421. The molecule has 0 saturated carbocycles. The first-order valence-electron chi connectivity index (χ1n) is 6.42. The first-order chi connectivity index (χ1) is 8.72. The fourth-order valence-electron chi connectivity index (χ4n) is 1.46. The summed E-state index contributed by atoms with van der Waals surface area (Å²) in [5.41, 5.74) is 1.97. The van der Waals surface area contributed by atoms with Crippen LogP contribution in [0.4, 0.5) is 0 Å². The third kappa shape index (κ3) is 6.18. The van der Waals surface area contributed by atoms with Crippen molar-refractivity contribution in [1.29, 1.82) is 0 Å². The summed E-state index contributed by atoms with van der Waals surface area (Å²) in [6.45, 7) is 5.07. The number of aliphatic imine (C=N–C) groups is 1. The fourth-order valence-corrected chi connectivity index (χ4v) is 1.46. The van der Waals surface area contributed by atoms with E-state index in [4.69, 9.17) is 4.74 Å². The average molecular weight is 247 g/mol. The summed E-state index contributed by atoms with van der Waals surface area (Å²) in [5, 5.41) is 0. The smallest absolute Gasteiger partial charge is 0.311 e. The van der Waals surface area contributed by atoms with Gasteiger partial charge >= 0.3 is 5.97 Å². The molecule has 0 heterocycles. The summed E-state index contributed by atoms with van der Waals surface area (Å²) in [7, 11) is 0. The molecule has 0 bridgehead atoms. The molecule has 0 amide bonds. The van der Waals surface area contributed by atoms with Crippen molar-refractivity contribution in [1.82, 2.24) is 0 Å². The Bertz CT molecular complexity index is 385. The standard InChI is InChI=1S/C15H21NO2/c1-3-4-10-18-15(17)11-13(2)16-12-14-8-6-5-7-9-14/h5-9H,3-4,10-12H2,1-2H3. The molecule has 1 aromatic carbocycles. The topological polar surface area (TPSA) is 38.7 Å². The van der Waals surface area contributed by atoms with Gasteiger partial charge in [0.2, 0.25) is 0 Å². The molecule has 0 atom stereocenters. The Morgan fingerprint density at radius 1 is 1.28 bits per heavy atom. The van der Waals surface area contributed by atoms with Crippen molar-refractivity contribution in [3.8, 4) is 0 Å². The largest absolute Gasteiger partial charge is 0.465 e. The predicted molar refractivity (Wildman–Crippen MR) is 73.7 cm³/mol. The zero-order chi connectivity index (χ0) is 13.2. The SMILES string of the molecule is CCCCOC(=O)CC(C)=NCc1ccccc1. The molecule has 98 valence electrons. The van der Waals surface area contributed by atoms with E-state index in [1.807, 2.05) is 37.3 Å². The van der Waals surface area contributed by atoms with Gasteiger partial charge in [0, 0.05) is 5.71 Å². The molecule has 0 unspecified atom stereocenters. The predicted octanol–water partition coefficient (Wildman–Crippen LogP) is 3.38. The van der Waals surface area contributed by atoms with E-state index in [0.29, 0.717) is 13.2 Å². The number of unbranched alkanes of at least 4 members (excludes halogenated alkanes) is 1. The highest BCUT2D eigenvalue weighted by atomic mass is 16.5. The maximum absolute atomic E-state index is 11.4. The number of nitrogens with zero attached hydrogens (tertiary/aromatic N) is 1. The van der Waals surface area contributed by atoms with Crippen molar-refractivity contribution in [3.05, 3.63) is 35.9 Å². The molecule has 0 N–H and O–H groups in total. The number of hydrogen-bond donors (Lipinski definition) is 0. The van der Waals surface area contributed by atoms with Crippen molar-refractivity contribution in [2.75, 3.05) is 6.61 Å². The van der Waals surface area contributed by atoms with Crippen LogP contribution in [0, 0.1) is 0 Å². The number of esters is 1. The molecule has 0 aliphatic heterocycles. The van der Waals surface area contributed by atoms with Gasteiger partial charge in [0.25, 0.3) is 0 Å². The molecule has 0 radical (unpaired) electrons. The van der Waals surface area contributed by atoms with Crippen molar-refractivity contribution in [3.63, 3.8) is 0 Å². The van der Waals surface area contributed by atoms with Crippen LogP contribution < -0.4 is 0 Å². The van der Waals surface area contributed by atoms with Crippen LogP contribution in [0.3, 0.4) is 0 Å². The highest BCUT2D eigenvalue weighted by Crippen LogP contribution is 2.02. The van der Waals surface area contributed by atoms with Crippen LogP contribution in [0.1, 0.15) is 38.7 Å². The average Bonchev–Trinajstić information content (AvgIpc) is 2.38. The molecule has 0 saturated heterocycles. The van der Waals surface area contributed by atoms with Gasteiger partial charge in [0.05, 0.1) is 19.6 Å². The lowest BCUT2D eigenvalue weighted by Crippen LogP contribution is -2.10. The Labute approximate surface area is 109 Å². The molecule has 1 aromatic rings. The van der Waals surface area contributed by atoms with Crippen molar-refractivity contribution in [2.24, 2.45) is 4.99 Å². The summed E-state index contributed by atoms with van der Waals surface area (Å²) >= 11 is 0. The van der Waals surface area contributed by atoms with Gasteiger partial charge in [0.1, 0.15) is 0 Å². The molecular formula is C15H21NO2. The van der Waals surface area contributed by atoms with Gasteiger partial charge < -0.3 is 4.74 Å². The lowest BCUT2D eigenvalue weighted by Gasteiger charge is -2.04. The lowest BCUT2D eigenvalue weighted by atomic mass is 10.2. The summed E-state index contributed by atoms with van der Waals surface area (Å²) in [4.78, 5) is 15.8. The van der Waals surface area contributed by atoms with Crippen LogP contribution in [0.15, 0.2) is 35.3 Å². The summed E-state index contributed by atoms with van der Waals surface area (Å²) < 4.78 is 5.09. The van der Waals surface area contributed by atoms with E-state index >= 15 is 0 Å². The maximum atomic E-state index is 11.4. The van der Waals surface area contributed by atoms with E-state index in [9.17, 15) is 4.79 Å². The number of rotatable bonds is 7.